The Kier molecular flexibility index (Phi) is 7.94. The average molecular weight is 666 g/mol. The molecule has 0 amide bonds. The molecule has 0 saturated heterocycles. The maximum absolute atomic E-state index is 14.5. The molecule has 1 aliphatic heterocycles. The summed E-state index contributed by atoms with van der Waals surface area (Å²) in [4.78, 5) is 15.9. The highest BCUT2D eigenvalue weighted by Gasteiger charge is 2.59. The first-order chi connectivity index (χ1) is 23.9. The second-order valence-corrected chi connectivity index (χ2v) is 15.4. The molecule has 7 aromatic rings. The Morgan fingerprint density at radius 3 is 2.49 bits per heavy atom. The number of hydrogen-bond donors (Lipinski definition) is 0. The van der Waals surface area contributed by atoms with Gasteiger partial charge in [0.05, 0.1) is 23.5 Å². The topological polar surface area (TPSA) is 30.0 Å². The summed E-state index contributed by atoms with van der Waals surface area (Å²) >= 11 is 1.98. The van der Waals surface area contributed by atoms with Gasteiger partial charge in [0.2, 0.25) is 5.69 Å². The van der Waals surface area contributed by atoms with Crippen molar-refractivity contribution in [1.29, 1.82) is 0 Å². The fourth-order valence-electron chi connectivity index (χ4n) is 9.32. The zero-order valence-electron chi connectivity index (χ0n) is 29.6. The smallest absolute Gasteiger partial charge is 0.241 e. The highest BCUT2D eigenvalue weighted by molar-refractivity contribution is 7.22. The van der Waals surface area contributed by atoms with Gasteiger partial charge in [0, 0.05) is 30.2 Å². The number of pyridine rings is 2. The van der Waals surface area contributed by atoms with Gasteiger partial charge in [-0.3, -0.25) is 0 Å². The van der Waals surface area contributed by atoms with Crippen LogP contribution in [-0.4, -0.2) is 4.57 Å². The molecule has 0 radical (unpaired) electrons. The van der Waals surface area contributed by atoms with Crippen LogP contribution in [0.4, 0.5) is 0 Å². The van der Waals surface area contributed by atoms with Gasteiger partial charge in [-0.05, 0) is 96.8 Å². The fraction of sp³-hybridized carbons (Fsp3) is 0.341. The number of benzene rings is 3. The lowest BCUT2D eigenvalue weighted by Crippen LogP contribution is -2.68. The minimum atomic E-state index is -0.130. The second kappa shape index (κ2) is 12.2. The molecule has 0 aliphatic carbocycles. The maximum atomic E-state index is 14.5. The van der Waals surface area contributed by atoms with Crippen LogP contribution in [0, 0.1) is 6.92 Å². The van der Waals surface area contributed by atoms with E-state index < -0.39 is 0 Å². The predicted octanol–water partition coefficient (Wildman–Crippen LogP) is 9.98. The number of hydrogen-bond acceptors (Lipinski definition) is 2. The number of aryl methyl sites for hydroxylation is 3. The van der Waals surface area contributed by atoms with E-state index in [2.05, 4.69) is 127 Å². The van der Waals surface area contributed by atoms with Gasteiger partial charge < -0.3 is 0 Å². The Balaban J connectivity index is 1.31. The zero-order chi connectivity index (χ0) is 33.9. The molecule has 4 aromatic heterocycles. The SMILES string of the molecule is CCCCc1ccc2c3c(sc2c1)-c1cccc[n+]1C(C)(CC)C3(CC)CCCn1c(=O)c2ccccc2[n+]2ccc3cccc(C)c3c12. The average Bonchev–Trinajstić information content (AvgIpc) is 3.52. The number of fused-ring (bicyclic) bond motifs is 10. The highest BCUT2D eigenvalue weighted by Crippen LogP contribution is 2.57. The van der Waals surface area contributed by atoms with Gasteiger partial charge in [0.25, 0.3) is 5.65 Å². The minimum Gasteiger partial charge on any atom is -0.241 e. The van der Waals surface area contributed by atoms with Gasteiger partial charge in [-0.2, -0.15) is 13.5 Å². The molecule has 2 unspecified atom stereocenters. The van der Waals surface area contributed by atoms with E-state index >= 15 is 0 Å². The molecule has 3 aromatic carbocycles. The molecule has 0 N–H and O–H groups in total. The van der Waals surface area contributed by atoms with Gasteiger partial charge in [0.1, 0.15) is 15.8 Å². The number of unbranched alkanes of at least 4 members (excludes halogenated alkanes) is 1. The van der Waals surface area contributed by atoms with E-state index in [1.165, 1.54) is 55.6 Å². The Morgan fingerprint density at radius 1 is 0.837 bits per heavy atom. The van der Waals surface area contributed by atoms with Crippen molar-refractivity contribution in [3.8, 4) is 10.6 Å². The summed E-state index contributed by atoms with van der Waals surface area (Å²) in [5.41, 5.74) is 7.30. The molecule has 0 fully saturated rings. The van der Waals surface area contributed by atoms with Crippen LogP contribution >= 0.6 is 11.3 Å². The summed E-state index contributed by atoms with van der Waals surface area (Å²) in [6.07, 6.45) is 11.9. The van der Waals surface area contributed by atoms with Crippen LogP contribution in [0.2, 0.25) is 0 Å². The summed E-state index contributed by atoms with van der Waals surface area (Å²) in [5, 5.41) is 4.51. The van der Waals surface area contributed by atoms with Crippen LogP contribution in [0.3, 0.4) is 0 Å². The van der Waals surface area contributed by atoms with Gasteiger partial charge in [-0.15, -0.1) is 11.3 Å². The maximum Gasteiger partial charge on any atom is 0.345 e. The van der Waals surface area contributed by atoms with E-state index in [0.717, 1.165) is 54.0 Å². The summed E-state index contributed by atoms with van der Waals surface area (Å²) in [5.74, 6) is 0. The first kappa shape index (κ1) is 31.9. The molecule has 0 saturated carbocycles. The van der Waals surface area contributed by atoms with Crippen LogP contribution < -0.4 is 14.5 Å². The van der Waals surface area contributed by atoms with Crippen molar-refractivity contribution in [3.05, 3.63) is 124 Å². The monoisotopic (exact) mass is 665 g/mol. The van der Waals surface area contributed by atoms with E-state index in [0.29, 0.717) is 6.54 Å². The standard InChI is InChI=1S/C44H47N3OS/c1-6-9-17-31-22-23-34-37(29-31)49-40-36-21-12-13-27-47(36)43(5,7-2)44(8-3,39(34)40)25-15-26-46-41-38-30(4)16-14-18-32(38)24-28-45(41)35-20-11-10-19-33(35)42(46)48/h10-14,16,18-24,27-29H,6-9,15,17,25-26H2,1-5H3/q+2. The molecule has 0 bridgehead atoms. The van der Waals surface area contributed by atoms with E-state index in [4.69, 9.17) is 0 Å². The molecule has 2 atom stereocenters. The molecular weight excluding hydrogens is 619 g/mol. The molecule has 49 heavy (non-hydrogen) atoms. The van der Waals surface area contributed by atoms with Gasteiger partial charge in [-0.1, -0.05) is 69.7 Å². The summed E-state index contributed by atoms with van der Waals surface area (Å²) in [6, 6.07) is 30.7. The van der Waals surface area contributed by atoms with E-state index in [9.17, 15) is 4.79 Å². The fourth-order valence-corrected chi connectivity index (χ4v) is 10.7. The first-order valence-corrected chi connectivity index (χ1v) is 19.1. The molecule has 5 heteroatoms. The summed E-state index contributed by atoms with van der Waals surface area (Å²) < 4.78 is 8.32. The van der Waals surface area contributed by atoms with Crippen LogP contribution in [0.15, 0.2) is 102 Å². The lowest BCUT2D eigenvalue weighted by atomic mass is 9.58. The highest BCUT2D eigenvalue weighted by atomic mass is 32.1. The number of para-hydroxylation sites is 1. The molecule has 8 rings (SSSR count). The number of rotatable bonds is 9. The third-order valence-corrected chi connectivity index (χ3v) is 13.2. The van der Waals surface area contributed by atoms with Crippen LogP contribution in [0.5, 0.6) is 0 Å². The molecular formula is C44H47N3OS+2. The van der Waals surface area contributed by atoms with Crippen molar-refractivity contribution >= 4 is 48.7 Å². The first-order valence-electron chi connectivity index (χ1n) is 18.3. The van der Waals surface area contributed by atoms with Crippen molar-refractivity contribution in [2.75, 3.05) is 0 Å². The number of nitrogens with zero attached hydrogens (tertiary/aromatic N) is 3. The van der Waals surface area contributed by atoms with Crippen molar-refractivity contribution < 1.29 is 8.97 Å². The van der Waals surface area contributed by atoms with E-state index in [1.807, 2.05) is 29.5 Å². The molecule has 4 nitrogen and oxygen atoms in total. The molecule has 1 aliphatic rings. The molecule has 5 heterocycles. The number of thiophene rings is 1. The van der Waals surface area contributed by atoms with Crippen molar-refractivity contribution in [2.45, 2.75) is 97.1 Å². The summed E-state index contributed by atoms with van der Waals surface area (Å²) in [7, 11) is 0. The van der Waals surface area contributed by atoms with Crippen molar-refractivity contribution in [2.24, 2.45) is 0 Å². The van der Waals surface area contributed by atoms with Crippen LogP contribution in [0.1, 0.15) is 82.9 Å². The predicted molar refractivity (Wildman–Crippen MR) is 205 cm³/mol. The number of aromatic nitrogens is 3. The Bertz CT molecular complexity index is 2460. The van der Waals surface area contributed by atoms with E-state index in [1.54, 1.807) is 0 Å². The summed E-state index contributed by atoms with van der Waals surface area (Å²) in [6.45, 7) is 12.4. The molecule has 248 valence electrons. The zero-order valence-corrected chi connectivity index (χ0v) is 30.4. The van der Waals surface area contributed by atoms with Crippen molar-refractivity contribution in [1.82, 2.24) is 4.57 Å². The normalized spacial score (nSPS) is 18.8. The second-order valence-electron chi connectivity index (χ2n) is 14.4. The van der Waals surface area contributed by atoms with Gasteiger partial charge >= 0.3 is 5.56 Å². The largest absolute Gasteiger partial charge is 0.345 e. The Morgan fingerprint density at radius 2 is 1.67 bits per heavy atom. The molecule has 0 spiro atoms. The van der Waals surface area contributed by atoms with Gasteiger partial charge in [0.15, 0.2) is 11.7 Å². The van der Waals surface area contributed by atoms with Crippen LogP contribution in [-0.2, 0) is 23.9 Å². The van der Waals surface area contributed by atoms with Gasteiger partial charge in [-0.25, -0.2) is 4.79 Å². The third kappa shape index (κ3) is 4.65. The van der Waals surface area contributed by atoms with E-state index in [-0.39, 0.29) is 16.5 Å². The lowest BCUT2D eigenvalue weighted by molar-refractivity contribution is -0.765. The minimum absolute atomic E-state index is 0.0970. The Labute approximate surface area is 293 Å². The third-order valence-electron chi connectivity index (χ3n) is 12.0. The van der Waals surface area contributed by atoms with Crippen LogP contribution in [0.25, 0.3) is 48.0 Å². The lowest BCUT2D eigenvalue weighted by Gasteiger charge is -2.47. The Hall–Kier alpha value is -4.35. The van der Waals surface area contributed by atoms with Crippen molar-refractivity contribution in [3.63, 3.8) is 0 Å². The quantitative estimate of drug-likeness (QED) is 0.112.